The molecule has 8 nitrogen and oxygen atoms in total. The van der Waals surface area contributed by atoms with E-state index < -0.39 is 22.5 Å². The van der Waals surface area contributed by atoms with Crippen molar-refractivity contribution in [3.63, 3.8) is 0 Å². The largest absolute Gasteiger partial charge is 0.497 e. The van der Waals surface area contributed by atoms with Gasteiger partial charge < -0.3 is 19.5 Å². The van der Waals surface area contributed by atoms with Gasteiger partial charge in [-0.2, -0.15) is 0 Å². The van der Waals surface area contributed by atoms with Gasteiger partial charge in [0.1, 0.15) is 28.7 Å². The second-order valence-corrected chi connectivity index (χ2v) is 9.18. The molecule has 9 heteroatoms. The molecule has 0 aliphatic heterocycles. The second kappa shape index (κ2) is 10.9. The quantitative estimate of drug-likeness (QED) is 0.463. The summed E-state index contributed by atoms with van der Waals surface area (Å²) in [5.74, 6) is 0.594. The number of rotatable bonds is 10. The molecule has 0 aliphatic carbocycles. The number of sulfonamides is 1. The molecule has 0 heterocycles. The molecule has 0 saturated heterocycles. The summed E-state index contributed by atoms with van der Waals surface area (Å²) in [6.45, 7) is 3.56. The van der Waals surface area contributed by atoms with Crippen LogP contribution >= 0.6 is 0 Å². The Morgan fingerprint density at radius 2 is 1.71 bits per heavy atom. The van der Waals surface area contributed by atoms with Crippen LogP contribution in [0.25, 0.3) is 0 Å². The monoisotopic (exact) mass is 484 g/mol. The van der Waals surface area contributed by atoms with Crippen LogP contribution in [0.1, 0.15) is 12.5 Å². The summed E-state index contributed by atoms with van der Waals surface area (Å²) in [4.78, 5) is 13.0. The molecule has 0 fully saturated rings. The molecule has 0 aliphatic rings. The predicted molar refractivity (Wildman–Crippen MR) is 131 cm³/mol. The van der Waals surface area contributed by atoms with Crippen LogP contribution in [0.2, 0.25) is 0 Å². The Bertz CT molecular complexity index is 1260. The number of hydrogen-bond donors (Lipinski definition) is 1. The molecule has 180 valence electrons. The van der Waals surface area contributed by atoms with Gasteiger partial charge in [0.25, 0.3) is 10.0 Å². The lowest BCUT2D eigenvalue weighted by Gasteiger charge is -2.25. The van der Waals surface area contributed by atoms with Crippen LogP contribution in [0.15, 0.2) is 71.6 Å². The van der Waals surface area contributed by atoms with Crippen molar-refractivity contribution in [2.45, 2.75) is 18.7 Å². The number of anilines is 2. The topological polar surface area (TPSA) is 94.2 Å². The minimum absolute atomic E-state index is 0.0414. The molecule has 0 unspecified atom stereocenters. The normalized spacial score (nSPS) is 10.9. The highest BCUT2D eigenvalue weighted by Gasteiger charge is 2.30. The van der Waals surface area contributed by atoms with Crippen molar-refractivity contribution < 1.29 is 27.4 Å². The zero-order valence-electron chi connectivity index (χ0n) is 19.6. The lowest BCUT2D eigenvalue weighted by atomic mass is 10.2. The van der Waals surface area contributed by atoms with Crippen LogP contribution in [0.5, 0.6) is 17.2 Å². The highest BCUT2D eigenvalue weighted by atomic mass is 32.2. The fourth-order valence-electron chi connectivity index (χ4n) is 3.36. The Labute approximate surface area is 200 Å². The van der Waals surface area contributed by atoms with Gasteiger partial charge in [-0.25, -0.2) is 8.42 Å². The Morgan fingerprint density at radius 3 is 2.41 bits per heavy atom. The lowest BCUT2D eigenvalue weighted by Crippen LogP contribution is -2.38. The first-order valence-electron chi connectivity index (χ1n) is 10.6. The molecule has 3 aromatic rings. The molecule has 0 saturated carbocycles. The third-order valence-corrected chi connectivity index (χ3v) is 6.77. The average molecular weight is 485 g/mol. The van der Waals surface area contributed by atoms with Gasteiger partial charge in [0.2, 0.25) is 5.91 Å². The Balaban J connectivity index is 2.03. The molecule has 0 radical (unpaired) electrons. The molecule has 3 aromatic carbocycles. The van der Waals surface area contributed by atoms with E-state index in [2.05, 4.69) is 5.32 Å². The zero-order chi connectivity index (χ0) is 24.7. The Kier molecular flexibility index (Phi) is 8.01. The van der Waals surface area contributed by atoms with Crippen LogP contribution in [0.3, 0.4) is 0 Å². The van der Waals surface area contributed by atoms with E-state index in [4.69, 9.17) is 14.2 Å². The van der Waals surface area contributed by atoms with Crippen LogP contribution < -0.4 is 23.8 Å². The molecule has 3 rings (SSSR count). The van der Waals surface area contributed by atoms with Gasteiger partial charge >= 0.3 is 0 Å². The zero-order valence-corrected chi connectivity index (χ0v) is 20.4. The number of para-hydroxylation sites is 2. The van der Waals surface area contributed by atoms with E-state index >= 15 is 0 Å². The average Bonchev–Trinajstić information content (AvgIpc) is 2.84. The van der Waals surface area contributed by atoms with Crippen molar-refractivity contribution in [3.05, 3.63) is 72.3 Å². The number of benzene rings is 3. The van der Waals surface area contributed by atoms with Crippen LogP contribution in [0, 0.1) is 6.92 Å². The summed E-state index contributed by atoms with van der Waals surface area (Å²) < 4.78 is 44.8. The highest BCUT2D eigenvalue weighted by molar-refractivity contribution is 7.93. The van der Waals surface area contributed by atoms with E-state index in [1.165, 1.54) is 20.3 Å². The summed E-state index contributed by atoms with van der Waals surface area (Å²) in [5, 5.41) is 2.76. The SMILES string of the molecule is CCOc1ccccc1NC(=O)CN(c1cccc(OC)c1)S(=O)(=O)c1cc(C)ccc1OC. The summed E-state index contributed by atoms with van der Waals surface area (Å²) in [6.07, 6.45) is 0. The van der Waals surface area contributed by atoms with Crippen molar-refractivity contribution in [1.29, 1.82) is 0 Å². The molecule has 0 aromatic heterocycles. The minimum Gasteiger partial charge on any atom is -0.497 e. The van der Waals surface area contributed by atoms with Crippen molar-refractivity contribution in [2.24, 2.45) is 0 Å². The third kappa shape index (κ3) is 5.60. The van der Waals surface area contributed by atoms with Gasteiger partial charge in [0, 0.05) is 6.07 Å². The van der Waals surface area contributed by atoms with Crippen LogP contribution in [-0.2, 0) is 14.8 Å². The first kappa shape index (κ1) is 24.9. The van der Waals surface area contributed by atoms with Crippen molar-refractivity contribution in [1.82, 2.24) is 0 Å². The number of nitrogens with one attached hydrogen (secondary N) is 1. The lowest BCUT2D eigenvalue weighted by molar-refractivity contribution is -0.114. The van der Waals surface area contributed by atoms with Gasteiger partial charge in [0.15, 0.2) is 0 Å². The van der Waals surface area contributed by atoms with Gasteiger partial charge in [-0.3, -0.25) is 9.10 Å². The Morgan fingerprint density at radius 1 is 0.941 bits per heavy atom. The standard InChI is InChI=1S/C25H28N2O6S/c1-5-33-22-12-7-6-11-21(22)26-25(28)17-27(19-9-8-10-20(16-19)31-3)34(29,30)24-15-18(2)13-14-23(24)32-4/h6-16H,5,17H2,1-4H3,(H,26,28). The number of hydrogen-bond acceptors (Lipinski definition) is 6. The fraction of sp³-hybridized carbons (Fsp3) is 0.240. The Hall–Kier alpha value is -3.72. The number of aryl methyl sites for hydroxylation is 1. The number of carbonyl (C=O) groups excluding carboxylic acids is 1. The maximum atomic E-state index is 13.8. The van der Waals surface area contributed by atoms with E-state index in [0.29, 0.717) is 23.8 Å². The van der Waals surface area contributed by atoms with Gasteiger partial charge in [-0.1, -0.05) is 24.3 Å². The van der Waals surface area contributed by atoms with Gasteiger partial charge in [-0.05, 0) is 55.8 Å². The third-order valence-electron chi connectivity index (χ3n) is 4.98. The number of methoxy groups -OCH3 is 2. The van der Waals surface area contributed by atoms with E-state index in [9.17, 15) is 13.2 Å². The molecular formula is C25H28N2O6S. The summed E-state index contributed by atoms with van der Waals surface area (Å²) in [7, 11) is -1.31. The maximum Gasteiger partial charge on any atom is 0.268 e. The second-order valence-electron chi connectivity index (χ2n) is 7.34. The first-order valence-corrected chi connectivity index (χ1v) is 12.1. The summed E-state index contributed by atoms with van der Waals surface area (Å²) in [5.41, 5.74) is 1.46. The molecule has 1 amide bonds. The van der Waals surface area contributed by atoms with Crippen molar-refractivity contribution in [2.75, 3.05) is 37.0 Å². The van der Waals surface area contributed by atoms with E-state index in [1.54, 1.807) is 67.6 Å². The van der Waals surface area contributed by atoms with Gasteiger partial charge in [0.05, 0.1) is 32.2 Å². The highest BCUT2D eigenvalue weighted by Crippen LogP contribution is 2.32. The van der Waals surface area contributed by atoms with Crippen LogP contribution in [0.4, 0.5) is 11.4 Å². The number of nitrogens with zero attached hydrogens (tertiary/aromatic N) is 1. The van der Waals surface area contributed by atoms with Crippen molar-refractivity contribution >= 4 is 27.3 Å². The van der Waals surface area contributed by atoms with E-state index in [0.717, 1.165) is 9.87 Å². The number of carbonyl (C=O) groups is 1. The fourth-order valence-corrected chi connectivity index (χ4v) is 5.01. The smallest absolute Gasteiger partial charge is 0.268 e. The first-order chi connectivity index (χ1) is 16.3. The van der Waals surface area contributed by atoms with Gasteiger partial charge in [-0.15, -0.1) is 0 Å². The molecule has 0 atom stereocenters. The predicted octanol–water partition coefficient (Wildman–Crippen LogP) is 4.24. The van der Waals surface area contributed by atoms with E-state index in [1.807, 2.05) is 6.92 Å². The minimum atomic E-state index is -4.19. The molecule has 0 bridgehead atoms. The molecular weight excluding hydrogens is 456 g/mol. The number of ether oxygens (including phenoxy) is 3. The molecule has 0 spiro atoms. The molecule has 34 heavy (non-hydrogen) atoms. The molecule has 1 N–H and O–H groups in total. The number of amides is 1. The maximum absolute atomic E-state index is 13.8. The van der Waals surface area contributed by atoms with Crippen molar-refractivity contribution in [3.8, 4) is 17.2 Å². The summed E-state index contributed by atoms with van der Waals surface area (Å²) >= 11 is 0. The van der Waals surface area contributed by atoms with E-state index in [-0.39, 0.29) is 16.3 Å². The summed E-state index contributed by atoms with van der Waals surface area (Å²) in [6, 6.07) is 18.3. The van der Waals surface area contributed by atoms with Crippen LogP contribution in [-0.4, -0.2) is 41.7 Å².